The first-order valence-corrected chi connectivity index (χ1v) is 8.32. The van der Waals surface area contributed by atoms with E-state index in [1.54, 1.807) is 6.20 Å². The Morgan fingerprint density at radius 2 is 1.80 bits per heavy atom. The third kappa shape index (κ3) is 3.16. The second-order valence-corrected chi connectivity index (χ2v) is 6.38. The van der Waals surface area contributed by atoms with Gasteiger partial charge in [0, 0.05) is 53.1 Å². The second-order valence-electron chi connectivity index (χ2n) is 6.38. The van der Waals surface area contributed by atoms with Crippen LogP contribution in [0.15, 0.2) is 66.0 Å². The molecule has 0 amide bonds. The molecule has 1 aromatic carbocycles. The average Bonchev–Trinajstić information content (AvgIpc) is 3.03. The highest BCUT2D eigenvalue weighted by molar-refractivity contribution is 6.15. The second kappa shape index (κ2) is 6.49. The fraction of sp³-hybridized carbons (Fsp3) is 0.143. The number of ketones is 1. The van der Waals surface area contributed by atoms with E-state index in [4.69, 9.17) is 0 Å². The molecule has 2 aromatic heterocycles. The molecule has 0 bridgehead atoms. The van der Waals surface area contributed by atoms with Crippen LogP contribution in [0.2, 0.25) is 0 Å². The van der Waals surface area contributed by atoms with Crippen molar-refractivity contribution in [1.82, 2.24) is 14.9 Å². The number of benzene rings is 1. The number of fused-ring (bicyclic) bond motifs is 1. The van der Waals surface area contributed by atoms with Crippen LogP contribution in [-0.2, 0) is 4.79 Å². The number of rotatable bonds is 2. The molecule has 0 spiro atoms. The molecule has 3 aromatic rings. The SMILES string of the molecule is CN1C/C(=C\c2ccccn2)C(=O)/C(=C/c2c[nH]c3ccccc23)C1. The zero-order valence-corrected chi connectivity index (χ0v) is 14.1. The number of hydrogen-bond donors (Lipinski definition) is 1. The predicted molar refractivity (Wildman–Crippen MR) is 101 cm³/mol. The predicted octanol–water partition coefficient (Wildman–Crippen LogP) is 3.54. The number of aromatic amines is 1. The van der Waals surface area contributed by atoms with Crippen molar-refractivity contribution < 1.29 is 4.79 Å². The molecule has 0 saturated carbocycles. The summed E-state index contributed by atoms with van der Waals surface area (Å²) in [5.41, 5.74) is 4.52. The van der Waals surface area contributed by atoms with Gasteiger partial charge in [-0.25, -0.2) is 0 Å². The van der Waals surface area contributed by atoms with E-state index >= 15 is 0 Å². The Balaban J connectivity index is 1.72. The van der Waals surface area contributed by atoms with Gasteiger partial charge in [-0.2, -0.15) is 0 Å². The van der Waals surface area contributed by atoms with Crippen LogP contribution in [0.3, 0.4) is 0 Å². The smallest absolute Gasteiger partial charge is 0.187 e. The zero-order valence-electron chi connectivity index (χ0n) is 14.1. The largest absolute Gasteiger partial charge is 0.361 e. The van der Waals surface area contributed by atoms with E-state index in [9.17, 15) is 4.79 Å². The van der Waals surface area contributed by atoms with Gasteiger partial charge in [-0.1, -0.05) is 24.3 Å². The highest BCUT2D eigenvalue weighted by atomic mass is 16.1. The maximum absolute atomic E-state index is 12.9. The Kier molecular flexibility index (Phi) is 4.04. The Bertz CT molecular complexity index is 983. The number of hydrogen-bond acceptors (Lipinski definition) is 3. The van der Waals surface area contributed by atoms with Crippen molar-refractivity contribution in [2.75, 3.05) is 20.1 Å². The summed E-state index contributed by atoms with van der Waals surface area (Å²) in [6, 6.07) is 13.8. The van der Waals surface area contributed by atoms with Crippen LogP contribution in [0.1, 0.15) is 11.3 Å². The summed E-state index contributed by atoms with van der Waals surface area (Å²) >= 11 is 0. The number of likely N-dealkylation sites (tertiary alicyclic amines) is 1. The molecule has 1 N–H and O–H groups in total. The summed E-state index contributed by atoms with van der Waals surface area (Å²) in [5, 5.41) is 1.13. The van der Waals surface area contributed by atoms with Crippen LogP contribution < -0.4 is 0 Å². The van der Waals surface area contributed by atoms with Gasteiger partial charge in [-0.15, -0.1) is 0 Å². The van der Waals surface area contributed by atoms with E-state index in [0.717, 1.165) is 33.3 Å². The van der Waals surface area contributed by atoms with Gasteiger partial charge in [0.1, 0.15) is 0 Å². The Morgan fingerprint density at radius 1 is 1.04 bits per heavy atom. The first-order chi connectivity index (χ1) is 12.2. The van der Waals surface area contributed by atoms with Crippen molar-refractivity contribution >= 4 is 28.8 Å². The van der Waals surface area contributed by atoms with Crippen LogP contribution in [-0.4, -0.2) is 40.8 Å². The highest BCUT2D eigenvalue weighted by Gasteiger charge is 2.24. The molecule has 25 heavy (non-hydrogen) atoms. The molecular formula is C21H19N3O. The zero-order chi connectivity index (χ0) is 17.2. The first-order valence-electron chi connectivity index (χ1n) is 8.32. The summed E-state index contributed by atoms with van der Waals surface area (Å²) in [7, 11) is 2.03. The number of carbonyl (C=O) groups excluding carboxylic acids is 1. The van der Waals surface area contributed by atoms with Gasteiger partial charge in [-0.3, -0.25) is 14.7 Å². The van der Waals surface area contributed by atoms with Crippen LogP contribution >= 0.6 is 0 Å². The minimum absolute atomic E-state index is 0.106. The Morgan fingerprint density at radius 3 is 2.60 bits per heavy atom. The van der Waals surface area contributed by atoms with Crippen molar-refractivity contribution in [2.24, 2.45) is 0 Å². The number of nitrogens with one attached hydrogen (secondary N) is 1. The number of pyridine rings is 1. The van der Waals surface area contributed by atoms with Crippen molar-refractivity contribution in [3.63, 3.8) is 0 Å². The number of piperidine rings is 1. The molecule has 1 fully saturated rings. The number of likely N-dealkylation sites (N-methyl/N-ethyl adjacent to an activating group) is 1. The monoisotopic (exact) mass is 329 g/mol. The van der Waals surface area contributed by atoms with E-state index in [-0.39, 0.29) is 5.78 Å². The molecule has 3 heterocycles. The lowest BCUT2D eigenvalue weighted by molar-refractivity contribution is -0.113. The molecule has 1 aliphatic heterocycles. The fourth-order valence-electron chi connectivity index (χ4n) is 3.25. The molecule has 1 aliphatic rings. The topological polar surface area (TPSA) is 49.0 Å². The minimum Gasteiger partial charge on any atom is -0.361 e. The third-order valence-corrected chi connectivity index (χ3v) is 4.42. The lowest BCUT2D eigenvalue weighted by Gasteiger charge is -2.26. The van der Waals surface area contributed by atoms with E-state index in [0.29, 0.717) is 13.1 Å². The molecule has 4 rings (SSSR count). The van der Waals surface area contributed by atoms with Crippen molar-refractivity contribution in [3.05, 3.63) is 77.3 Å². The quantitative estimate of drug-likeness (QED) is 0.732. The van der Waals surface area contributed by atoms with Gasteiger partial charge in [0.2, 0.25) is 0 Å². The van der Waals surface area contributed by atoms with Crippen LogP contribution in [0.5, 0.6) is 0 Å². The van der Waals surface area contributed by atoms with Gasteiger partial charge in [0.15, 0.2) is 5.78 Å². The van der Waals surface area contributed by atoms with Crippen LogP contribution in [0.25, 0.3) is 23.1 Å². The lowest BCUT2D eigenvalue weighted by atomic mass is 9.95. The molecule has 1 saturated heterocycles. The van der Waals surface area contributed by atoms with Gasteiger partial charge < -0.3 is 4.98 Å². The Labute approximate surface area is 146 Å². The maximum atomic E-state index is 12.9. The van der Waals surface area contributed by atoms with Crippen LogP contribution in [0, 0.1) is 0 Å². The van der Waals surface area contributed by atoms with E-state index < -0.39 is 0 Å². The average molecular weight is 329 g/mol. The molecule has 0 unspecified atom stereocenters. The number of nitrogens with zero attached hydrogens (tertiary/aromatic N) is 2. The summed E-state index contributed by atoms with van der Waals surface area (Å²) in [5.74, 6) is 0.106. The van der Waals surface area contributed by atoms with Gasteiger partial charge in [0.05, 0.1) is 5.69 Å². The minimum atomic E-state index is 0.106. The number of aromatic nitrogens is 2. The van der Waals surface area contributed by atoms with Gasteiger partial charge in [-0.05, 0) is 37.4 Å². The summed E-state index contributed by atoms with van der Waals surface area (Å²) in [6.07, 6.45) is 7.60. The van der Waals surface area contributed by atoms with Gasteiger partial charge >= 0.3 is 0 Å². The highest BCUT2D eigenvalue weighted by Crippen LogP contribution is 2.24. The maximum Gasteiger partial charge on any atom is 0.187 e. The van der Waals surface area contributed by atoms with E-state index in [1.807, 2.05) is 61.8 Å². The third-order valence-electron chi connectivity index (χ3n) is 4.42. The van der Waals surface area contributed by atoms with Gasteiger partial charge in [0.25, 0.3) is 0 Å². The van der Waals surface area contributed by atoms with E-state index in [1.165, 1.54) is 0 Å². The lowest BCUT2D eigenvalue weighted by Crippen LogP contribution is -2.34. The first kappa shape index (κ1) is 15.5. The molecule has 4 nitrogen and oxygen atoms in total. The number of para-hydroxylation sites is 1. The number of H-pyrrole nitrogens is 1. The standard InChI is InChI=1S/C21H19N3O/c1-24-13-16(10-15-12-23-20-8-3-2-7-19(15)20)21(25)17(14-24)11-18-6-4-5-9-22-18/h2-12,23H,13-14H2,1H3/b16-10+,17-11+. The molecule has 0 atom stereocenters. The molecule has 0 radical (unpaired) electrons. The number of Topliss-reactive ketones (excluding diaryl/α,β-unsaturated/α-hetero) is 1. The van der Waals surface area contributed by atoms with Crippen molar-refractivity contribution in [3.8, 4) is 0 Å². The summed E-state index contributed by atoms with van der Waals surface area (Å²) in [6.45, 7) is 1.29. The molecule has 124 valence electrons. The fourth-order valence-corrected chi connectivity index (χ4v) is 3.25. The van der Waals surface area contributed by atoms with Crippen molar-refractivity contribution in [2.45, 2.75) is 0 Å². The number of carbonyl (C=O) groups is 1. The molecule has 4 heteroatoms. The molecule has 0 aliphatic carbocycles. The summed E-state index contributed by atoms with van der Waals surface area (Å²) < 4.78 is 0. The normalized spacial score (nSPS) is 19.2. The van der Waals surface area contributed by atoms with E-state index in [2.05, 4.69) is 20.9 Å². The van der Waals surface area contributed by atoms with Crippen LogP contribution in [0.4, 0.5) is 0 Å². The summed E-state index contributed by atoms with van der Waals surface area (Å²) in [4.78, 5) is 22.6. The molecular weight excluding hydrogens is 310 g/mol. The van der Waals surface area contributed by atoms with Crippen molar-refractivity contribution in [1.29, 1.82) is 0 Å². The Hall–Kier alpha value is -2.98.